The van der Waals surface area contributed by atoms with E-state index in [1.807, 2.05) is 16.8 Å². The summed E-state index contributed by atoms with van der Waals surface area (Å²) >= 11 is 5.45. The number of sulfone groups is 1. The molecule has 2 aromatic rings. The van der Waals surface area contributed by atoms with Gasteiger partial charge in [0.05, 0.1) is 18.2 Å². The van der Waals surface area contributed by atoms with Crippen LogP contribution in [-0.2, 0) is 22.9 Å². The zero-order valence-corrected chi connectivity index (χ0v) is 17.8. The van der Waals surface area contributed by atoms with Crippen molar-refractivity contribution >= 4 is 22.1 Å². The zero-order valence-electron chi connectivity index (χ0n) is 16.2. The van der Waals surface area contributed by atoms with Crippen molar-refractivity contribution in [3.63, 3.8) is 0 Å². The molecule has 0 saturated carbocycles. The van der Waals surface area contributed by atoms with E-state index in [0.29, 0.717) is 23.8 Å². The minimum Gasteiger partial charge on any atom is -0.280 e. The Morgan fingerprint density at radius 3 is 2.59 bits per heavy atom. The Bertz CT molecular complexity index is 929. The third kappa shape index (κ3) is 5.06. The lowest BCUT2D eigenvalue weighted by atomic mass is 10.1. The Kier molecular flexibility index (Phi) is 6.18. The van der Waals surface area contributed by atoms with Crippen LogP contribution in [0.5, 0.6) is 0 Å². The highest BCUT2D eigenvalue weighted by atomic mass is 32.2. The number of nitrogens with zero attached hydrogens (tertiary/aromatic N) is 3. The first kappa shape index (κ1) is 20.2. The van der Waals surface area contributed by atoms with Gasteiger partial charge in [-0.2, -0.15) is 4.98 Å². The van der Waals surface area contributed by atoms with Crippen molar-refractivity contribution in [1.82, 2.24) is 19.7 Å². The van der Waals surface area contributed by atoms with Crippen molar-refractivity contribution in [1.29, 1.82) is 0 Å². The molecule has 0 radical (unpaired) electrons. The van der Waals surface area contributed by atoms with Gasteiger partial charge in [-0.3, -0.25) is 10.00 Å². The Balaban J connectivity index is 1.81. The van der Waals surface area contributed by atoms with E-state index in [4.69, 9.17) is 12.2 Å². The zero-order chi connectivity index (χ0) is 19.6. The molecule has 1 aliphatic rings. The van der Waals surface area contributed by atoms with E-state index in [2.05, 4.69) is 47.9 Å². The summed E-state index contributed by atoms with van der Waals surface area (Å²) in [7, 11) is -2.93. The normalized spacial score (nSPS) is 19.2. The molecular formula is C19H28N4O2S2. The largest absolute Gasteiger partial charge is 0.280 e. The van der Waals surface area contributed by atoms with Gasteiger partial charge in [-0.1, -0.05) is 45.0 Å². The van der Waals surface area contributed by atoms with Crippen LogP contribution in [0, 0.1) is 10.7 Å². The van der Waals surface area contributed by atoms with Crippen LogP contribution in [0.3, 0.4) is 0 Å². The molecule has 1 aliphatic heterocycles. The Morgan fingerprint density at radius 2 is 2.04 bits per heavy atom. The summed E-state index contributed by atoms with van der Waals surface area (Å²) in [5.74, 6) is 1.68. The van der Waals surface area contributed by atoms with E-state index in [0.717, 1.165) is 24.4 Å². The van der Waals surface area contributed by atoms with Crippen molar-refractivity contribution in [3.05, 3.63) is 34.6 Å². The first-order chi connectivity index (χ1) is 12.8. The summed E-state index contributed by atoms with van der Waals surface area (Å²) in [6.45, 7) is 7.76. The van der Waals surface area contributed by atoms with Crippen LogP contribution >= 0.6 is 12.2 Å². The topological polar surface area (TPSA) is 71.0 Å². The fourth-order valence-electron chi connectivity index (χ4n) is 3.52. The minimum atomic E-state index is -2.93. The van der Waals surface area contributed by atoms with Gasteiger partial charge in [0, 0.05) is 18.2 Å². The molecule has 0 aliphatic carbocycles. The number of aryl methyl sites for hydroxylation is 1. The van der Waals surface area contributed by atoms with Crippen molar-refractivity contribution in [3.8, 4) is 11.4 Å². The molecule has 27 heavy (non-hydrogen) atoms. The van der Waals surface area contributed by atoms with Gasteiger partial charge in [-0.25, -0.2) is 13.1 Å². The Morgan fingerprint density at radius 1 is 1.33 bits per heavy atom. The molecule has 1 aromatic carbocycles. The van der Waals surface area contributed by atoms with Gasteiger partial charge in [0.1, 0.15) is 0 Å². The lowest BCUT2D eigenvalue weighted by Gasteiger charge is -2.29. The fourth-order valence-corrected chi connectivity index (χ4v) is 5.47. The molecule has 1 fully saturated rings. The third-order valence-electron chi connectivity index (χ3n) is 4.96. The average Bonchev–Trinajstić information content (AvgIpc) is 3.16. The molecule has 1 aromatic heterocycles. The predicted molar refractivity (Wildman–Crippen MR) is 111 cm³/mol. The summed E-state index contributed by atoms with van der Waals surface area (Å²) in [5.41, 5.74) is 2.28. The standard InChI is InChI=1S/C19H28N4O2S2/c1-4-15-5-7-16(8-6-15)18-20-19(26)23(21-18)13-22(11-14(2)3)17-9-10-27(24,25)12-17/h5-8,14,17H,4,9-13H2,1-3H3,(H,20,21,26)/t17-/m1/s1. The summed E-state index contributed by atoms with van der Waals surface area (Å²) < 4.78 is 26.2. The fraction of sp³-hybridized carbons (Fsp3) is 0.579. The molecule has 0 unspecified atom stereocenters. The van der Waals surface area contributed by atoms with Crippen molar-refractivity contribution in [2.45, 2.75) is 46.3 Å². The van der Waals surface area contributed by atoms with Gasteiger partial charge in [0.2, 0.25) is 4.77 Å². The van der Waals surface area contributed by atoms with Gasteiger partial charge >= 0.3 is 0 Å². The monoisotopic (exact) mass is 408 g/mol. The van der Waals surface area contributed by atoms with Crippen molar-refractivity contribution < 1.29 is 8.42 Å². The van der Waals surface area contributed by atoms with E-state index < -0.39 is 9.84 Å². The summed E-state index contributed by atoms with van der Waals surface area (Å²) in [6, 6.07) is 8.33. The summed E-state index contributed by atoms with van der Waals surface area (Å²) in [6.07, 6.45) is 1.68. The molecule has 1 atom stereocenters. The van der Waals surface area contributed by atoms with Crippen LogP contribution in [0.2, 0.25) is 0 Å². The average molecular weight is 409 g/mol. The van der Waals surface area contributed by atoms with Gasteiger partial charge < -0.3 is 0 Å². The number of benzene rings is 1. The number of hydrogen-bond acceptors (Lipinski definition) is 5. The van der Waals surface area contributed by atoms with Crippen LogP contribution in [0.4, 0.5) is 0 Å². The van der Waals surface area contributed by atoms with Gasteiger partial charge in [0.25, 0.3) is 0 Å². The molecule has 148 valence electrons. The molecule has 8 heteroatoms. The lowest BCUT2D eigenvalue weighted by Crippen LogP contribution is -2.40. The molecule has 1 saturated heterocycles. The number of H-pyrrole nitrogens is 1. The second-order valence-corrected chi connectivity index (χ2v) is 10.3. The number of aromatic nitrogens is 3. The van der Waals surface area contributed by atoms with E-state index in [-0.39, 0.29) is 17.5 Å². The van der Waals surface area contributed by atoms with Crippen LogP contribution in [-0.4, -0.2) is 52.2 Å². The Labute approximate surface area is 166 Å². The molecule has 6 nitrogen and oxygen atoms in total. The first-order valence-electron chi connectivity index (χ1n) is 9.48. The van der Waals surface area contributed by atoms with Crippen molar-refractivity contribution in [2.24, 2.45) is 5.92 Å². The summed E-state index contributed by atoms with van der Waals surface area (Å²) in [4.78, 5) is 6.72. The maximum absolute atomic E-state index is 11.9. The molecule has 0 spiro atoms. The minimum absolute atomic E-state index is 0.0369. The first-order valence-corrected chi connectivity index (χ1v) is 11.7. The molecule has 0 bridgehead atoms. The molecule has 1 N–H and O–H groups in total. The predicted octanol–water partition coefficient (Wildman–Crippen LogP) is 3.27. The highest BCUT2D eigenvalue weighted by Gasteiger charge is 2.32. The second-order valence-electron chi connectivity index (χ2n) is 7.70. The molecular weight excluding hydrogens is 380 g/mol. The van der Waals surface area contributed by atoms with E-state index in [1.165, 1.54) is 5.56 Å². The van der Waals surface area contributed by atoms with Gasteiger partial charge in [-0.15, -0.1) is 0 Å². The number of nitrogens with one attached hydrogen (secondary N) is 1. The Hall–Kier alpha value is -1.51. The lowest BCUT2D eigenvalue weighted by molar-refractivity contribution is 0.137. The molecule has 0 amide bonds. The highest BCUT2D eigenvalue weighted by molar-refractivity contribution is 7.91. The SMILES string of the molecule is CCc1ccc(-c2nc(=S)n(CN(CC(C)C)[C@@H]3CCS(=O)(=O)C3)[nH]2)cc1. The quantitative estimate of drug-likeness (QED) is 0.712. The van der Waals surface area contributed by atoms with Crippen molar-refractivity contribution in [2.75, 3.05) is 18.1 Å². The van der Waals surface area contributed by atoms with E-state index >= 15 is 0 Å². The van der Waals surface area contributed by atoms with Crippen LogP contribution in [0.15, 0.2) is 24.3 Å². The third-order valence-corrected chi connectivity index (χ3v) is 7.02. The second kappa shape index (κ2) is 8.24. The smallest absolute Gasteiger partial charge is 0.217 e. The number of rotatable bonds is 7. The number of aromatic amines is 1. The molecule has 3 rings (SSSR count). The molecule has 2 heterocycles. The maximum Gasteiger partial charge on any atom is 0.217 e. The highest BCUT2D eigenvalue weighted by Crippen LogP contribution is 2.21. The summed E-state index contributed by atoms with van der Waals surface area (Å²) in [5, 5.41) is 3.29. The van der Waals surface area contributed by atoms with E-state index in [9.17, 15) is 8.42 Å². The van der Waals surface area contributed by atoms with Crippen LogP contribution < -0.4 is 0 Å². The van der Waals surface area contributed by atoms with Gasteiger partial charge in [0.15, 0.2) is 15.7 Å². The van der Waals surface area contributed by atoms with E-state index in [1.54, 1.807) is 0 Å². The van der Waals surface area contributed by atoms with Crippen LogP contribution in [0.1, 0.15) is 32.8 Å². The number of hydrogen-bond donors (Lipinski definition) is 1. The van der Waals surface area contributed by atoms with Crippen LogP contribution in [0.25, 0.3) is 11.4 Å². The van der Waals surface area contributed by atoms with Gasteiger partial charge in [-0.05, 0) is 36.5 Å². The maximum atomic E-state index is 11.9.